The number of aliphatic carboxylic acids is 1. The van der Waals surface area contributed by atoms with E-state index in [0.717, 1.165) is 53.3 Å². The molecule has 2 aromatic heterocycles. The van der Waals surface area contributed by atoms with Gasteiger partial charge in [-0.1, -0.05) is 60.6 Å². The van der Waals surface area contributed by atoms with Gasteiger partial charge in [-0.3, -0.25) is 14.2 Å². The van der Waals surface area contributed by atoms with Crippen molar-refractivity contribution in [2.24, 2.45) is 5.92 Å². The van der Waals surface area contributed by atoms with Crippen LogP contribution >= 0.6 is 34.7 Å². The molecule has 0 radical (unpaired) electrons. The van der Waals surface area contributed by atoms with Gasteiger partial charge in [0, 0.05) is 22.9 Å². The Morgan fingerprint density at radius 1 is 1.18 bits per heavy atom. The summed E-state index contributed by atoms with van der Waals surface area (Å²) in [7, 11) is 0. The number of amides is 1. The first-order valence-electron chi connectivity index (χ1n) is 13.3. The summed E-state index contributed by atoms with van der Waals surface area (Å²) in [6.07, 6.45) is 3.07. The molecular formula is C30H28ClN3O4S2. The van der Waals surface area contributed by atoms with Crippen LogP contribution in [0.3, 0.4) is 0 Å². The van der Waals surface area contributed by atoms with Crippen molar-refractivity contribution in [1.82, 2.24) is 14.5 Å². The van der Waals surface area contributed by atoms with Gasteiger partial charge in [-0.15, -0.1) is 11.3 Å². The zero-order valence-electron chi connectivity index (χ0n) is 22.1. The van der Waals surface area contributed by atoms with Crippen LogP contribution in [0.5, 0.6) is 0 Å². The van der Waals surface area contributed by atoms with E-state index in [-0.39, 0.29) is 30.2 Å². The molecular weight excluding hydrogens is 566 g/mol. The summed E-state index contributed by atoms with van der Waals surface area (Å²) in [4.78, 5) is 47.9. The number of carboxylic acid groups (broad SMARTS) is 1. The van der Waals surface area contributed by atoms with Gasteiger partial charge < -0.3 is 10.0 Å². The number of carbonyl (C=O) groups excluding carboxylic acids is 1. The highest BCUT2D eigenvalue weighted by Crippen LogP contribution is 2.37. The molecule has 2 aliphatic rings. The van der Waals surface area contributed by atoms with Crippen LogP contribution in [-0.2, 0) is 35.4 Å². The fraction of sp³-hybridized carbons (Fsp3) is 0.333. The average molecular weight is 594 g/mol. The second kappa shape index (κ2) is 10.7. The molecule has 3 heterocycles. The summed E-state index contributed by atoms with van der Waals surface area (Å²) in [5.41, 5.74) is 4.30. The molecule has 2 aromatic carbocycles. The maximum absolute atomic E-state index is 14.1. The van der Waals surface area contributed by atoms with Crippen LogP contribution in [0.1, 0.15) is 40.5 Å². The first kappa shape index (κ1) is 27.1. The maximum Gasteiger partial charge on any atom is 0.326 e. The zero-order chi connectivity index (χ0) is 28.1. The number of benzene rings is 2. The second-order valence-electron chi connectivity index (χ2n) is 10.6. The average Bonchev–Trinajstić information content (AvgIpc) is 3.30. The summed E-state index contributed by atoms with van der Waals surface area (Å²) in [6.45, 7) is 4.36. The summed E-state index contributed by atoms with van der Waals surface area (Å²) >= 11 is 9.17. The van der Waals surface area contributed by atoms with Crippen molar-refractivity contribution in [3.63, 3.8) is 0 Å². The van der Waals surface area contributed by atoms with Gasteiger partial charge >= 0.3 is 5.97 Å². The van der Waals surface area contributed by atoms with E-state index < -0.39 is 12.0 Å². The van der Waals surface area contributed by atoms with E-state index in [1.807, 2.05) is 43.3 Å². The highest BCUT2D eigenvalue weighted by atomic mass is 35.5. The molecule has 0 bridgehead atoms. The van der Waals surface area contributed by atoms with Crippen molar-refractivity contribution >= 4 is 56.8 Å². The lowest BCUT2D eigenvalue weighted by Gasteiger charge is -2.34. The van der Waals surface area contributed by atoms with E-state index in [2.05, 4.69) is 6.92 Å². The van der Waals surface area contributed by atoms with E-state index in [0.29, 0.717) is 32.0 Å². The summed E-state index contributed by atoms with van der Waals surface area (Å²) in [5.74, 6) is -0.834. The van der Waals surface area contributed by atoms with E-state index in [4.69, 9.17) is 16.6 Å². The lowest BCUT2D eigenvalue weighted by atomic mass is 9.89. The van der Waals surface area contributed by atoms with Gasteiger partial charge in [0.05, 0.1) is 16.8 Å². The van der Waals surface area contributed by atoms with Crippen LogP contribution in [0.15, 0.2) is 52.4 Å². The maximum atomic E-state index is 14.1. The van der Waals surface area contributed by atoms with E-state index >= 15 is 0 Å². The Kier molecular flexibility index (Phi) is 7.23. The van der Waals surface area contributed by atoms with Crippen LogP contribution in [-0.4, -0.2) is 43.2 Å². The molecule has 40 heavy (non-hydrogen) atoms. The number of carbonyl (C=O) groups is 2. The molecule has 0 unspecified atom stereocenters. The Labute approximate surface area is 244 Å². The highest BCUT2D eigenvalue weighted by Gasteiger charge is 2.34. The van der Waals surface area contributed by atoms with Crippen LogP contribution in [0, 0.1) is 12.8 Å². The number of fused-ring (bicyclic) bond motifs is 4. The number of aromatic nitrogens is 2. The summed E-state index contributed by atoms with van der Waals surface area (Å²) in [6, 6.07) is 12.1. The third-order valence-electron chi connectivity index (χ3n) is 7.89. The number of aryl methyl sites for hydroxylation is 2. The normalized spacial score (nSPS) is 18.4. The molecule has 2 atom stereocenters. The lowest BCUT2D eigenvalue weighted by molar-refractivity contribution is -0.150. The van der Waals surface area contributed by atoms with Gasteiger partial charge in [0.15, 0.2) is 5.16 Å². The Balaban J connectivity index is 1.39. The van der Waals surface area contributed by atoms with Crippen molar-refractivity contribution in [3.8, 4) is 5.69 Å². The van der Waals surface area contributed by atoms with E-state index in [9.17, 15) is 19.5 Å². The molecule has 206 valence electrons. The van der Waals surface area contributed by atoms with E-state index in [1.54, 1.807) is 22.0 Å². The first-order valence-corrected chi connectivity index (χ1v) is 15.4. The van der Waals surface area contributed by atoms with Crippen LogP contribution in [0.25, 0.3) is 15.9 Å². The zero-order valence-corrected chi connectivity index (χ0v) is 24.5. The van der Waals surface area contributed by atoms with Crippen molar-refractivity contribution in [2.75, 3.05) is 5.75 Å². The van der Waals surface area contributed by atoms with E-state index in [1.165, 1.54) is 9.78 Å². The van der Waals surface area contributed by atoms with Crippen LogP contribution in [0.2, 0.25) is 5.02 Å². The molecule has 6 rings (SSSR count). The highest BCUT2D eigenvalue weighted by molar-refractivity contribution is 7.99. The minimum Gasteiger partial charge on any atom is -0.480 e. The molecule has 1 aliphatic heterocycles. The monoisotopic (exact) mass is 593 g/mol. The Hall–Kier alpha value is -3.14. The number of halogens is 1. The second-order valence-corrected chi connectivity index (χ2v) is 13.1. The van der Waals surface area contributed by atoms with Gasteiger partial charge in [-0.25, -0.2) is 9.78 Å². The van der Waals surface area contributed by atoms with Crippen molar-refractivity contribution < 1.29 is 14.7 Å². The van der Waals surface area contributed by atoms with Gasteiger partial charge in [0.25, 0.3) is 5.56 Å². The topological polar surface area (TPSA) is 92.5 Å². The number of thioether (sulfide) groups is 1. The third kappa shape index (κ3) is 4.84. The number of rotatable bonds is 5. The minimum atomic E-state index is -1.03. The molecule has 0 spiro atoms. The molecule has 7 nitrogen and oxygen atoms in total. The standard InChI is InChI=1S/C30H28ClN3O4S2/c1-16-7-10-21-24(11-16)40-27-26(21)28(36)34(20-9-8-17(2)22(31)13-20)30(32-27)39-15-25(35)33-14-19-6-4-3-5-18(19)12-23(33)29(37)38/h3-6,8-9,13,16,23H,7,10-12,14-15H2,1-2H3,(H,37,38)/t16-,23-/m0/s1. The molecule has 0 saturated carbocycles. The molecule has 0 saturated heterocycles. The number of hydrogen-bond acceptors (Lipinski definition) is 6. The van der Waals surface area contributed by atoms with Crippen molar-refractivity contribution in [1.29, 1.82) is 0 Å². The Bertz CT molecular complexity index is 1730. The number of carboxylic acids is 1. The SMILES string of the molecule is Cc1ccc(-n2c(SCC(=O)N3Cc4ccccc4C[C@H]3C(=O)O)nc3sc4c(c3c2=O)CC[C@H](C)C4)cc1Cl. The number of hydrogen-bond donors (Lipinski definition) is 1. The summed E-state index contributed by atoms with van der Waals surface area (Å²) in [5, 5.41) is 11.5. The molecule has 4 aromatic rings. The predicted octanol–water partition coefficient (Wildman–Crippen LogP) is 5.66. The van der Waals surface area contributed by atoms with Gasteiger partial charge in [0.1, 0.15) is 10.9 Å². The fourth-order valence-corrected chi connectivity index (χ4v) is 8.13. The Morgan fingerprint density at radius 3 is 2.70 bits per heavy atom. The quantitative estimate of drug-likeness (QED) is 0.237. The molecule has 1 aliphatic carbocycles. The van der Waals surface area contributed by atoms with Crippen molar-refractivity contribution in [3.05, 3.63) is 85.0 Å². The molecule has 1 amide bonds. The molecule has 10 heteroatoms. The lowest BCUT2D eigenvalue weighted by Crippen LogP contribution is -2.49. The smallest absolute Gasteiger partial charge is 0.326 e. The largest absolute Gasteiger partial charge is 0.480 e. The molecule has 0 fully saturated rings. The van der Waals surface area contributed by atoms with Gasteiger partial charge in [-0.2, -0.15) is 0 Å². The third-order valence-corrected chi connectivity index (χ3v) is 10.4. The number of thiophene rings is 1. The van der Waals surface area contributed by atoms with Crippen molar-refractivity contribution in [2.45, 2.75) is 57.3 Å². The van der Waals surface area contributed by atoms with Crippen LogP contribution < -0.4 is 5.56 Å². The predicted molar refractivity (Wildman–Crippen MR) is 159 cm³/mol. The number of nitrogens with zero attached hydrogens (tertiary/aromatic N) is 3. The van der Waals surface area contributed by atoms with Crippen LogP contribution in [0.4, 0.5) is 0 Å². The molecule has 1 N–H and O–H groups in total. The minimum absolute atomic E-state index is 0.0500. The first-order chi connectivity index (χ1) is 19.2. The fourth-order valence-electron chi connectivity index (χ4n) is 5.63. The van der Waals surface area contributed by atoms with Gasteiger partial charge in [-0.05, 0) is 66.5 Å². The summed E-state index contributed by atoms with van der Waals surface area (Å²) < 4.78 is 1.55. The van der Waals surface area contributed by atoms with Gasteiger partial charge in [0.2, 0.25) is 5.91 Å². The Morgan fingerprint density at radius 2 is 1.95 bits per heavy atom.